The van der Waals surface area contributed by atoms with Crippen LogP contribution in [0.3, 0.4) is 0 Å². The van der Waals surface area contributed by atoms with Gasteiger partial charge in [-0.15, -0.1) is 0 Å². The largest absolute Gasteiger partial charge is 0.352 e. The van der Waals surface area contributed by atoms with Gasteiger partial charge in [0.2, 0.25) is 5.91 Å². The van der Waals surface area contributed by atoms with Gasteiger partial charge in [-0.25, -0.2) is 0 Å². The maximum atomic E-state index is 12.8. The van der Waals surface area contributed by atoms with Gasteiger partial charge in [-0.05, 0) is 56.0 Å². The number of anilines is 1. The average molecular weight is 478 g/mol. The molecule has 0 bridgehead atoms. The highest BCUT2D eigenvalue weighted by Gasteiger charge is 2.37. The maximum Gasteiger partial charge on any atom is 0.234 e. The Morgan fingerprint density at radius 1 is 1.21 bits per heavy atom. The van der Waals surface area contributed by atoms with E-state index in [1.807, 2.05) is 44.2 Å². The van der Waals surface area contributed by atoms with Crippen molar-refractivity contribution >= 4 is 40.7 Å². The van der Waals surface area contributed by atoms with E-state index in [2.05, 4.69) is 16.7 Å². The zero-order chi connectivity index (χ0) is 23.5. The van der Waals surface area contributed by atoms with Crippen molar-refractivity contribution in [3.05, 3.63) is 86.0 Å². The van der Waals surface area contributed by atoms with Gasteiger partial charge in [-0.1, -0.05) is 53.2 Å². The van der Waals surface area contributed by atoms with Crippen molar-refractivity contribution in [1.82, 2.24) is 5.32 Å². The number of benzene rings is 2. The fourth-order valence-corrected chi connectivity index (χ4v) is 5.29. The molecule has 0 aromatic heterocycles. The molecule has 0 radical (unpaired) electrons. The van der Waals surface area contributed by atoms with Crippen molar-refractivity contribution < 1.29 is 9.59 Å². The second-order valence-electron chi connectivity index (χ2n) is 8.29. The zero-order valence-corrected chi connectivity index (χ0v) is 20.1. The van der Waals surface area contributed by atoms with E-state index in [0.29, 0.717) is 27.6 Å². The number of allylic oxidation sites excluding steroid dienone is 3. The van der Waals surface area contributed by atoms with Crippen molar-refractivity contribution in [1.29, 1.82) is 5.26 Å². The molecule has 0 unspecified atom stereocenters. The summed E-state index contributed by atoms with van der Waals surface area (Å²) in [4.78, 5) is 25.5. The Bertz CT molecular complexity index is 1230. The molecule has 7 heteroatoms. The topological polar surface area (TPSA) is 82.0 Å². The summed E-state index contributed by atoms with van der Waals surface area (Å²) in [7, 11) is 0. The minimum Gasteiger partial charge on any atom is -0.352 e. The molecule has 33 heavy (non-hydrogen) atoms. The van der Waals surface area contributed by atoms with Crippen LogP contribution in [0.15, 0.2) is 64.3 Å². The van der Waals surface area contributed by atoms with Gasteiger partial charge in [0, 0.05) is 28.4 Å². The van der Waals surface area contributed by atoms with Gasteiger partial charge in [0.1, 0.15) is 0 Å². The number of hydrogen-bond acceptors (Lipinski definition) is 5. The molecular weight excluding hydrogens is 454 g/mol. The van der Waals surface area contributed by atoms with Crippen LogP contribution in [-0.2, 0) is 9.59 Å². The number of aryl methyl sites for hydroxylation is 2. The van der Waals surface area contributed by atoms with Gasteiger partial charge in [0.05, 0.1) is 28.3 Å². The van der Waals surface area contributed by atoms with Gasteiger partial charge in [0.15, 0.2) is 5.78 Å². The van der Waals surface area contributed by atoms with Crippen LogP contribution in [0.25, 0.3) is 0 Å². The van der Waals surface area contributed by atoms with E-state index in [4.69, 9.17) is 11.6 Å². The predicted molar refractivity (Wildman–Crippen MR) is 133 cm³/mol. The molecule has 1 atom stereocenters. The summed E-state index contributed by atoms with van der Waals surface area (Å²) in [6.45, 7) is 3.97. The molecule has 4 rings (SSSR count). The van der Waals surface area contributed by atoms with E-state index < -0.39 is 5.92 Å². The van der Waals surface area contributed by atoms with Gasteiger partial charge in [-0.2, -0.15) is 5.26 Å². The first kappa shape index (κ1) is 23.2. The van der Waals surface area contributed by atoms with Gasteiger partial charge in [0.25, 0.3) is 0 Å². The van der Waals surface area contributed by atoms with Crippen molar-refractivity contribution in [3.8, 4) is 6.07 Å². The number of nitriles is 1. The second kappa shape index (κ2) is 9.86. The molecule has 2 aromatic carbocycles. The lowest BCUT2D eigenvalue weighted by atomic mass is 9.77. The van der Waals surface area contributed by atoms with Gasteiger partial charge >= 0.3 is 0 Å². The predicted octanol–water partition coefficient (Wildman–Crippen LogP) is 5.76. The van der Waals surface area contributed by atoms with Crippen LogP contribution in [0.4, 0.5) is 5.69 Å². The van der Waals surface area contributed by atoms with Crippen LogP contribution in [0, 0.1) is 25.2 Å². The summed E-state index contributed by atoms with van der Waals surface area (Å²) in [5.74, 6) is -0.402. The number of carbonyl (C=O) groups excluding carboxylic acids is 2. The third kappa shape index (κ3) is 5.00. The Morgan fingerprint density at radius 3 is 2.67 bits per heavy atom. The van der Waals surface area contributed by atoms with Crippen LogP contribution >= 0.6 is 23.4 Å². The van der Waals surface area contributed by atoms with E-state index in [0.717, 1.165) is 40.9 Å². The Morgan fingerprint density at radius 2 is 1.97 bits per heavy atom. The highest BCUT2D eigenvalue weighted by Crippen LogP contribution is 2.44. The van der Waals surface area contributed by atoms with E-state index >= 15 is 0 Å². The molecule has 2 aliphatic rings. The molecule has 0 fully saturated rings. The molecule has 1 heterocycles. The smallest absolute Gasteiger partial charge is 0.234 e. The third-order valence-electron chi connectivity index (χ3n) is 5.87. The summed E-state index contributed by atoms with van der Waals surface area (Å²) >= 11 is 7.36. The van der Waals surface area contributed by atoms with Crippen LogP contribution < -0.4 is 10.6 Å². The van der Waals surface area contributed by atoms with Gasteiger partial charge < -0.3 is 10.6 Å². The Hall–Kier alpha value is -3.01. The number of amides is 1. The van der Waals surface area contributed by atoms with E-state index in [1.165, 1.54) is 11.8 Å². The molecular formula is C26H24ClN3O2S. The minimum absolute atomic E-state index is 0.0630. The molecule has 1 aliphatic carbocycles. The lowest BCUT2D eigenvalue weighted by molar-refractivity contribution is -0.116. The number of rotatable bonds is 5. The number of ketones is 1. The van der Waals surface area contributed by atoms with Crippen molar-refractivity contribution in [3.63, 3.8) is 0 Å². The molecule has 5 nitrogen and oxygen atoms in total. The lowest BCUT2D eigenvalue weighted by Crippen LogP contribution is -2.31. The highest BCUT2D eigenvalue weighted by atomic mass is 35.5. The second-order valence-corrected chi connectivity index (χ2v) is 9.71. The van der Waals surface area contributed by atoms with E-state index in [1.54, 1.807) is 12.1 Å². The van der Waals surface area contributed by atoms with Crippen LogP contribution in [0.5, 0.6) is 0 Å². The fourth-order valence-electron chi connectivity index (χ4n) is 4.30. The van der Waals surface area contributed by atoms with Crippen LogP contribution in [0.1, 0.15) is 41.9 Å². The molecule has 2 aromatic rings. The van der Waals surface area contributed by atoms with Crippen molar-refractivity contribution in [2.75, 3.05) is 11.1 Å². The number of halogens is 1. The Balaban J connectivity index is 1.60. The monoisotopic (exact) mass is 477 g/mol. The Labute approximate surface area is 202 Å². The molecule has 1 aliphatic heterocycles. The quantitative estimate of drug-likeness (QED) is 0.572. The standard InChI is InChI=1S/C26H24ClN3O2S/c1-15-6-11-20(16(2)12-15)29-23(32)14-33-26-19(13-28)24(17-7-9-18(27)10-8-17)25-21(30-26)4-3-5-22(25)31/h6-12,24,30H,3-5,14H2,1-2H3,(H,29,32)/t24-/m1/s1. The van der Waals surface area contributed by atoms with E-state index in [-0.39, 0.29) is 17.4 Å². The first-order valence-corrected chi connectivity index (χ1v) is 12.2. The lowest BCUT2D eigenvalue weighted by Gasteiger charge is -2.33. The average Bonchev–Trinajstić information content (AvgIpc) is 2.79. The van der Waals surface area contributed by atoms with Crippen LogP contribution in [-0.4, -0.2) is 17.4 Å². The number of carbonyl (C=O) groups is 2. The number of Topliss-reactive ketones (excluding diaryl/α,β-unsaturated/α-hetero) is 1. The summed E-state index contributed by atoms with van der Waals surface area (Å²) in [6.07, 6.45) is 1.98. The normalized spacial score (nSPS) is 17.9. The number of hydrogen-bond donors (Lipinski definition) is 2. The SMILES string of the molecule is Cc1ccc(NC(=O)CSC2=C(C#N)[C@@H](c3ccc(Cl)cc3)C3=C(CCCC3=O)N2)c(C)c1. The highest BCUT2D eigenvalue weighted by molar-refractivity contribution is 8.03. The van der Waals surface area contributed by atoms with Crippen molar-refractivity contribution in [2.45, 2.75) is 39.0 Å². The summed E-state index contributed by atoms with van der Waals surface area (Å²) in [6, 6.07) is 15.4. The fraction of sp³-hybridized carbons (Fsp3) is 0.269. The molecule has 2 N–H and O–H groups in total. The molecule has 0 saturated heterocycles. The molecule has 1 amide bonds. The van der Waals surface area contributed by atoms with Gasteiger partial charge in [-0.3, -0.25) is 9.59 Å². The van der Waals surface area contributed by atoms with E-state index in [9.17, 15) is 14.9 Å². The first-order chi connectivity index (χ1) is 15.9. The molecule has 0 saturated carbocycles. The maximum absolute atomic E-state index is 12.8. The molecule has 168 valence electrons. The van der Waals surface area contributed by atoms with Crippen molar-refractivity contribution in [2.24, 2.45) is 0 Å². The first-order valence-electron chi connectivity index (χ1n) is 10.8. The summed E-state index contributed by atoms with van der Waals surface area (Å²) < 4.78 is 0. The minimum atomic E-state index is -0.457. The zero-order valence-electron chi connectivity index (χ0n) is 18.5. The number of dihydropyridines is 1. The van der Waals surface area contributed by atoms with Crippen LogP contribution in [0.2, 0.25) is 5.02 Å². The Kier molecular flexibility index (Phi) is 6.92. The summed E-state index contributed by atoms with van der Waals surface area (Å²) in [5, 5.41) is 17.5. The number of nitrogens with one attached hydrogen (secondary N) is 2. The number of nitrogens with zero attached hydrogens (tertiary/aromatic N) is 1. The molecule has 0 spiro atoms. The third-order valence-corrected chi connectivity index (χ3v) is 7.14. The summed E-state index contributed by atoms with van der Waals surface area (Å²) in [5.41, 5.74) is 5.72. The number of thioether (sulfide) groups is 1.